The molecule has 182 valence electrons. The Labute approximate surface area is 203 Å². The van der Waals surface area contributed by atoms with E-state index in [0.717, 1.165) is 5.69 Å². The smallest absolute Gasteiger partial charge is 0.342 e. The number of para-hydroxylation sites is 1. The minimum absolute atomic E-state index is 0.206. The molecular formula is C28H28FNO5. The molecule has 2 saturated heterocycles. The van der Waals surface area contributed by atoms with Crippen molar-refractivity contribution in [3.8, 4) is 0 Å². The first kappa shape index (κ1) is 22.4. The van der Waals surface area contributed by atoms with Gasteiger partial charge in [-0.25, -0.2) is 14.2 Å². The van der Waals surface area contributed by atoms with Crippen molar-refractivity contribution in [3.05, 3.63) is 78.1 Å². The van der Waals surface area contributed by atoms with E-state index in [-0.39, 0.29) is 23.9 Å². The number of allylic oxidation sites excluding steroid dienone is 1. The van der Waals surface area contributed by atoms with Crippen LogP contribution in [0, 0.1) is 23.1 Å². The Balaban J connectivity index is 1.46. The number of anilines is 1. The van der Waals surface area contributed by atoms with Crippen LogP contribution in [0.1, 0.15) is 44.7 Å². The normalized spacial score (nSPS) is 40.1. The quantitative estimate of drug-likeness (QED) is 0.651. The molecule has 2 aromatic rings. The number of hydroxylamine groups is 1. The molecule has 3 fully saturated rings. The standard InChI is InChI=1S/C28H28FNO5/c1-17-11-12-21-24(26(2)23(31)13-14-28(17,26)33)34-25(32)27(21)16-22(18-7-6-8-19(29)15-18)30(35-27)20-9-4-3-5-10-20/h3-10,13-15,17,21-22,24,33H,11-12,16H2,1-2H3/t17-,21+,22-,24+,26-,27?,28+/m0/s1. The predicted molar refractivity (Wildman–Crippen MR) is 125 cm³/mol. The summed E-state index contributed by atoms with van der Waals surface area (Å²) in [5.74, 6) is -1.81. The Morgan fingerprint density at radius 2 is 1.86 bits per heavy atom. The lowest BCUT2D eigenvalue weighted by molar-refractivity contribution is -0.169. The van der Waals surface area contributed by atoms with Crippen molar-refractivity contribution in [3.63, 3.8) is 0 Å². The van der Waals surface area contributed by atoms with Crippen LogP contribution >= 0.6 is 0 Å². The maximum Gasteiger partial charge on any atom is 0.342 e. The van der Waals surface area contributed by atoms with Gasteiger partial charge in [-0.15, -0.1) is 0 Å². The molecule has 1 unspecified atom stereocenters. The van der Waals surface area contributed by atoms with Gasteiger partial charge >= 0.3 is 5.97 Å². The zero-order valence-electron chi connectivity index (χ0n) is 19.7. The van der Waals surface area contributed by atoms with Gasteiger partial charge in [-0.05, 0) is 67.7 Å². The third kappa shape index (κ3) is 2.88. The second kappa shape index (κ2) is 7.48. The number of ether oxygens (including phenoxy) is 1. The van der Waals surface area contributed by atoms with E-state index < -0.39 is 40.7 Å². The molecule has 1 saturated carbocycles. The molecule has 1 spiro atoms. The van der Waals surface area contributed by atoms with Crippen LogP contribution in [0.3, 0.4) is 0 Å². The lowest BCUT2D eigenvalue weighted by Crippen LogP contribution is -2.57. The number of rotatable bonds is 2. The number of fused-ring (bicyclic) bond motifs is 4. The minimum Gasteiger partial charge on any atom is -0.459 e. The van der Waals surface area contributed by atoms with Gasteiger partial charge in [-0.1, -0.05) is 37.3 Å². The summed E-state index contributed by atoms with van der Waals surface area (Å²) in [5.41, 5.74) is -2.64. The average Bonchev–Trinajstić information content (AvgIpc) is 3.45. The Hall–Kier alpha value is -3.03. The van der Waals surface area contributed by atoms with Crippen molar-refractivity contribution in [2.75, 3.05) is 5.06 Å². The number of carbonyl (C=O) groups excluding carboxylic acids is 2. The first-order valence-corrected chi connectivity index (χ1v) is 12.2. The number of esters is 1. The van der Waals surface area contributed by atoms with Gasteiger partial charge in [0.05, 0.1) is 17.1 Å². The van der Waals surface area contributed by atoms with Gasteiger partial charge < -0.3 is 9.84 Å². The van der Waals surface area contributed by atoms with Crippen LogP contribution in [0.4, 0.5) is 10.1 Å². The van der Waals surface area contributed by atoms with E-state index in [9.17, 15) is 19.1 Å². The molecule has 0 amide bonds. The number of benzene rings is 2. The lowest BCUT2D eigenvalue weighted by Gasteiger charge is -2.43. The summed E-state index contributed by atoms with van der Waals surface area (Å²) in [6, 6.07) is 15.3. The van der Waals surface area contributed by atoms with Crippen LogP contribution < -0.4 is 5.06 Å². The van der Waals surface area contributed by atoms with E-state index in [1.807, 2.05) is 43.3 Å². The van der Waals surface area contributed by atoms with Crippen LogP contribution in [-0.2, 0) is 19.2 Å². The average molecular weight is 478 g/mol. The van der Waals surface area contributed by atoms with Crippen molar-refractivity contribution in [2.24, 2.45) is 17.3 Å². The molecule has 0 bridgehead atoms. The third-order valence-corrected chi connectivity index (χ3v) is 8.89. The number of aliphatic hydroxyl groups is 1. The fourth-order valence-corrected chi connectivity index (χ4v) is 6.80. The van der Waals surface area contributed by atoms with E-state index >= 15 is 0 Å². The van der Waals surface area contributed by atoms with Crippen LogP contribution in [0.15, 0.2) is 66.7 Å². The van der Waals surface area contributed by atoms with Gasteiger partial charge in [0, 0.05) is 12.3 Å². The summed E-state index contributed by atoms with van der Waals surface area (Å²) in [6.07, 6.45) is 3.55. The van der Waals surface area contributed by atoms with Gasteiger partial charge in [0.15, 0.2) is 5.78 Å². The summed E-state index contributed by atoms with van der Waals surface area (Å²) in [4.78, 5) is 33.4. The molecule has 2 aromatic carbocycles. The Kier molecular flexibility index (Phi) is 4.80. The summed E-state index contributed by atoms with van der Waals surface area (Å²) >= 11 is 0. The second-order valence-corrected chi connectivity index (χ2v) is 10.6. The van der Waals surface area contributed by atoms with Gasteiger partial charge in [0.1, 0.15) is 17.5 Å². The molecule has 0 radical (unpaired) electrons. The molecule has 7 atom stereocenters. The molecule has 2 aliphatic carbocycles. The van der Waals surface area contributed by atoms with Crippen LogP contribution in [0.2, 0.25) is 0 Å². The molecule has 2 aliphatic heterocycles. The number of ketones is 1. The maximum atomic E-state index is 14.2. The van der Waals surface area contributed by atoms with Crippen molar-refractivity contribution < 1.29 is 28.7 Å². The Bertz CT molecular complexity index is 1230. The van der Waals surface area contributed by atoms with E-state index in [1.165, 1.54) is 18.2 Å². The van der Waals surface area contributed by atoms with Crippen molar-refractivity contribution in [2.45, 2.75) is 56.5 Å². The topological polar surface area (TPSA) is 76.1 Å². The largest absolute Gasteiger partial charge is 0.459 e. The Morgan fingerprint density at radius 3 is 2.60 bits per heavy atom. The highest BCUT2D eigenvalue weighted by Crippen LogP contribution is 2.61. The molecule has 35 heavy (non-hydrogen) atoms. The lowest BCUT2D eigenvalue weighted by atomic mass is 9.63. The van der Waals surface area contributed by atoms with Gasteiger partial charge in [-0.3, -0.25) is 9.63 Å². The first-order chi connectivity index (χ1) is 16.7. The third-order valence-electron chi connectivity index (χ3n) is 8.89. The molecular weight excluding hydrogens is 449 g/mol. The maximum absolute atomic E-state index is 14.2. The molecule has 0 aromatic heterocycles. The number of hydrogen-bond donors (Lipinski definition) is 1. The molecule has 1 N–H and O–H groups in total. The highest BCUT2D eigenvalue weighted by Gasteiger charge is 2.74. The minimum atomic E-state index is -1.41. The van der Waals surface area contributed by atoms with E-state index in [4.69, 9.17) is 9.57 Å². The highest BCUT2D eigenvalue weighted by atomic mass is 19.1. The summed E-state index contributed by atoms with van der Waals surface area (Å²) in [5, 5.41) is 13.3. The zero-order valence-corrected chi connectivity index (χ0v) is 19.7. The molecule has 7 heteroatoms. The van der Waals surface area contributed by atoms with Crippen LogP contribution in [0.5, 0.6) is 0 Å². The van der Waals surface area contributed by atoms with E-state index in [0.29, 0.717) is 18.4 Å². The summed E-state index contributed by atoms with van der Waals surface area (Å²) in [7, 11) is 0. The summed E-state index contributed by atoms with van der Waals surface area (Å²) in [6.45, 7) is 3.63. The highest BCUT2D eigenvalue weighted by molar-refractivity contribution is 6.00. The summed E-state index contributed by atoms with van der Waals surface area (Å²) < 4.78 is 20.2. The molecule has 6 rings (SSSR count). The monoisotopic (exact) mass is 477 g/mol. The molecule has 4 aliphatic rings. The van der Waals surface area contributed by atoms with Crippen molar-refractivity contribution in [1.82, 2.24) is 0 Å². The second-order valence-electron chi connectivity index (χ2n) is 10.6. The number of hydrogen-bond acceptors (Lipinski definition) is 6. The number of nitrogens with zero attached hydrogens (tertiary/aromatic N) is 1. The van der Waals surface area contributed by atoms with E-state index in [1.54, 1.807) is 24.1 Å². The Morgan fingerprint density at radius 1 is 1.09 bits per heavy atom. The fourth-order valence-electron chi connectivity index (χ4n) is 6.80. The SMILES string of the molecule is C[C@H]1CC[C@@H]2[C@@H](OC(=O)C23C[C@@H](c2cccc(F)c2)N(c2ccccc2)O3)[C@]2(C)C(=O)C=C[C@@]12O. The number of halogens is 1. The van der Waals surface area contributed by atoms with Gasteiger partial charge in [-0.2, -0.15) is 0 Å². The van der Waals surface area contributed by atoms with Gasteiger partial charge in [0.2, 0.25) is 5.60 Å². The van der Waals surface area contributed by atoms with Gasteiger partial charge in [0.25, 0.3) is 0 Å². The first-order valence-electron chi connectivity index (χ1n) is 12.2. The van der Waals surface area contributed by atoms with E-state index in [2.05, 4.69) is 0 Å². The fraction of sp³-hybridized carbons (Fsp3) is 0.429. The zero-order chi connectivity index (χ0) is 24.6. The molecule has 2 heterocycles. The van der Waals surface area contributed by atoms with Crippen LogP contribution in [0.25, 0.3) is 0 Å². The number of carbonyl (C=O) groups is 2. The molecule has 6 nitrogen and oxygen atoms in total. The van der Waals surface area contributed by atoms with Crippen molar-refractivity contribution >= 4 is 17.4 Å². The van der Waals surface area contributed by atoms with Crippen LogP contribution in [-0.4, -0.2) is 34.2 Å². The predicted octanol–water partition coefficient (Wildman–Crippen LogP) is 4.30. The van der Waals surface area contributed by atoms with Crippen molar-refractivity contribution in [1.29, 1.82) is 0 Å².